The molecular formula is C78H145O24P. The fourth-order valence-electron chi connectivity index (χ4n) is 13.7. The van der Waals surface area contributed by atoms with Gasteiger partial charge in [0.2, 0.25) is 0 Å². The van der Waals surface area contributed by atoms with Gasteiger partial charge in [-0.3, -0.25) is 23.4 Å². The maximum atomic E-state index is 14.4. The van der Waals surface area contributed by atoms with E-state index in [-0.39, 0.29) is 19.3 Å². The number of unbranched alkanes of at least 4 members (excludes halogenated alkanes) is 37. The van der Waals surface area contributed by atoms with E-state index in [1.54, 1.807) is 0 Å². The van der Waals surface area contributed by atoms with E-state index >= 15 is 0 Å². The quantitative estimate of drug-likeness (QED) is 0.00886. The fraction of sp³-hybridized carbons (Fsp3) is 0.936. The molecule has 0 amide bonds. The maximum absolute atomic E-state index is 14.4. The van der Waals surface area contributed by atoms with Crippen LogP contribution in [0.1, 0.15) is 329 Å². The number of aliphatic hydroxyl groups excluding tert-OH is 10. The number of hydrogen-bond donors (Lipinski definition) is 11. The van der Waals surface area contributed by atoms with Crippen LogP contribution in [0.15, 0.2) is 12.2 Å². The molecule has 11 N–H and O–H groups in total. The molecule has 606 valence electrons. The number of phosphoric ester groups is 1. The summed E-state index contributed by atoms with van der Waals surface area (Å²) in [5.41, 5.74) is 0. The van der Waals surface area contributed by atoms with Crippen molar-refractivity contribution in [3.05, 3.63) is 12.2 Å². The molecular weight excluding hydrogens is 1350 g/mol. The van der Waals surface area contributed by atoms with Crippen LogP contribution in [-0.4, -0.2) is 204 Å². The van der Waals surface area contributed by atoms with Gasteiger partial charge in [0.15, 0.2) is 18.7 Å². The largest absolute Gasteiger partial charge is 0.472 e. The van der Waals surface area contributed by atoms with Crippen LogP contribution in [-0.2, 0) is 61.2 Å². The minimum absolute atomic E-state index is 0.0298. The normalized spacial score (nSPS) is 27.2. The van der Waals surface area contributed by atoms with Gasteiger partial charge in [-0.25, -0.2) is 4.57 Å². The molecule has 19 unspecified atom stereocenters. The van der Waals surface area contributed by atoms with Gasteiger partial charge >= 0.3 is 25.7 Å². The molecule has 0 aromatic rings. The highest BCUT2D eigenvalue weighted by molar-refractivity contribution is 7.47. The summed E-state index contributed by atoms with van der Waals surface area (Å²) >= 11 is 0. The first-order chi connectivity index (χ1) is 49.7. The zero-order chi connectivity index (χ0) is 75.5. The molecule has 2 heterocycles. The molecule has 3 aliphatic rings. The molecule has 3 fully saturated rings. The van der Waals surface area contributed by atoms with Crippen molar-refractivity contribution in [2.24, 2.45) is 5.92 Å². The highest BCUT2D eigenvalue weighted by Crippen LogP contribution is 2.49. The molecule has 0 aromatic carbocycles. The summed E-state index contributed by atoms with van der Waals surface area (Å²) in [4.78, 5) is 51.2. The van der Waals surface area contributed by atoms with Crippen LogP contribution in [0.2, 0.25) is 0 Å². The monoisotopic (exact) mass is 1500 g/mol. The van der Waals surface area contributed by atoms with Gasteiger partial charge in [-0.15, -0.1) is 0 Å². The average Bonchev–Trinajstić information content (AvgIpc) is 0.761. The summed E-state index contributed by atoms with van der Waals surface area (Å²) in [6.07, 6.45) is 18.2. The van der Waals surface area contributed by atoms with Crippen molar-refractivity contribution in [1.29, 1.82) is 0 Å². The van der Waals surface area contributed by atoms with Gasteiger partial charge in [0.25, 0.3) is 0 Å². The van der Waals surface area contributed by atoms with Gasteiger partial charge in [0.1, 0.15) is 98.7 Å². The molecule has 25 heteroatoms. The lowest BCUT2D eigenvalue weighted by molar-refractivity contribution is -0.360. The lowest BCUT2D eigenvalue weighted by Crippen LogP contribution is -2.69. The van der Waals surface area contributed by atoms with E-state index in [1.165, 1.54) is 154 Å². The zero-order valence-electron chi connectivity index (χ0n) is 63.8. The number of aliphatic hydroxyl groups is 10. The van der Waals surface area contributed by atoms with Crippen LogP contribution in [0, 0.1) is 5.92 Å². The SMILES string of the molecule is CCCCCC/C=C\CCCCCCCCCC(=O)OC(COC(=O)CCCCCCCCCCCCCCCCCCC)COP(=O)(O)OC1C(OC2OC(CO)C(O)C(O)C2O)C(O)C(O)C(O)C1OC1OC(COC(=O)CCCCCCCCC(C)CCCCCCCC)C(O)C(O)C1O. The van der Waals surface area contributed by atoms with E-state index in [4.69, 9.17) is 42.2 Å². The van der Waals surface area contributed by atoms with Crippen molar-refractivity contribution in [2.75, 3.05) is 26.4 Å². The second-order valence-corrected chi connectivity index (χ2v) is 31.2. The Balaban J connectivity index is 1.71. The molecule has 19 atom stereocenters. The second kappa shape index (κ2) is 58.6. The van der Waals surface area contributed by atoms with E-state index in [2.05, 4.69) is 39.8 Å². The van der Waals surface area contributed by atoms with Crippen LogP contribution in [0.3, 0.4) is 0 Å². The summed E-state index contributed by atoms with van der Waals surface area (Å²) in [6, 6.07) is 0. The van der Waals surface area contributed by atoms with Gasteiger partial charge in [-0.2, -0.15) is 0 Å². The Morgan fingerprint density at radius 3 is 1.16 bits per heavy atom. The predicted octanol–water partition coefficient (Wildman–Crippen LogP) is 12.5. The molecule has 103 heavy (non-hydrogen) atoms. The standard InChI is InChI=1S/C78H145O24P/c1-5-8-11-14-17-19-21-23-25-26-28-29-31-33-35-41-46-51-62(80)94-55-59(97-64(82)53-48-43-36-34-32-30-27-24-22-20-18-15-12-9-6-2)56-96-103(92,93)102-76-74(100-77-72(90)67(85)65(83)60(54-79)98-77)70(88)69(87)71(89)75(76)101-78-73(91)68(86)66(84)61(99-78)57-95-63(81)52-47-42-38-37-40-45-50-58(4)49-44-39-16-13-10-7-3/h20,22,58-61,65-79,83-91H,5-19,21,23-57H2,1-4H3,(H,92,93)/b22-20-. The Bertz CT molecular complexity index is 2180. The average molecular weight is 1500 g/mol. The number of rotatable bonds is 64. The number of esters is 3. The smallest absolute Gasteiger partial charge is 0.463 e. The minimum atomic E-state index is -5.70. The molecule has 24 nitrogen and oxygen atoms in total. The van der Waals surface area contributed by atoms with Crippen molar-refractivity contribution < 1.29 is 117 Å². The summed E-state index contributed by atoms with van der Waals surface area (Å²) in [6.45, 7) is 5.80. The molecule has 2 aliphatic heterocycles. The van der Waals surface area contributed by atoms with Crippen molar-refractivity contribution >= 4 is 25.7 Å². The molecule has 1 aliphatic carbocycles. The third kappa shape index (κ3) is 41.4. The van der Waals surface area contributed by atoms with Crippen molar-refractivity contribution in [1.82, 2.24) is 0 Å². The highest BCUT2D eigenvalue weighted by Gasteiger charge is 2.58. The third-order valence-electron chi connectivity index (χ3n) is 20.4. The predicted molar refractivity (Wildman–Crippen MR) is 393 cm³/mol. The number of ether oxygens (including phenoxy) is 7. The number of allylic oxidation sites excluding steroid dienone is 2. The first kappa shape index (κ1) is 94.9. The molecule has 0 aromatic heterocycles. The topological polar surface area (TPSA) is 374 Å². The van der Waals surface area contributed by atoms with Crippen LogP contribution < -0.4 is 0 Å². The molecule has 0 bridgehead atoms. The third-order valence-corrected chi connectivity index (χ3v) is 21.4. The number of carbonyl (C=O) groups excluding carboxylic acids is 3. The number of phosphoric acid groups is 1. The van der Waals surface area contributed by atoms with E-state index in [1.807, 2.05) is 0 Å². The lowest BCUT2D eigenvalue weighted by atomic mass is 9.84. The van der Waals surface area contributed by atoms with Gasteiger partial charge < -0.3 is 89.1 Å². The van der Waals surface area contributed by atoms with Crippen molar-refractivity contribution in [2.45, 2.75) is 434 Å². The zero-order valence-corrected chi connectivity index (χ0v) is 64.7. The van der Waals surface area contributed by atoms with Gasteiger partial charge in [0.05, 0.1) is 13.2 Å². The Morgan fingerprint density at radius 2 is 0.738 bits per heavy atom. The van der Waals surface area contributed by atoms with E-state index in [0.717, 1.165) is 109 Å². The van der Waals surface area contributed by atoms with E-state index in [9.17, 15) is 74.9 Å². The lowest BCUT2D eigenvalue weighted by Gasteiger charge is -2.49. The van der Waals surface area contributed by atoms with Crippen molar-refractivity contribution in [3.63, 3.8) is 0 Å². The van der Waals surface area contributed by atoms with Crippen LogP contribution in [0.4, 0.5) is 0 Å². The minimum Gasteiger partial charge on any atom is -0.463 e. The van der Waals surface area contributed by atoms with Crippen molar-refractivity contribution in [3.8, 4) is 0 Å². The first-order valence-electron chi connectivity index (χ1n) is 40.9. The summed E-state index contributed by atoms with van der Waals surface area (Å²) in [7, 11) is -5.70. The highest BCUT2D eigenvalue weighted by atomic mass is 31.2. The van der Waals surface area contributed by atoms with Gasteiger partial charge in [-0.05, 0) is 50.9 Å². The van der Waals surface area contributed by atoms with Crippen LogP contribution in [0.5, 0.6) is 0 Å². The van der Waals surface area contributed by atoms with Crippen LogP contribution >= 0.6 is 7.82 Å². The fourth-order valence-corrected chi connectivity index (χ4v) is 14.7. The Hall–Kier alpha value is -2.30. The Morgan fingerprint density at radius 1 is 0.398 bits per heavy atom. The molecule has 2 saturated heterocycles. The molecule has 0 radical (unpaired) electrons. The Labute approximate surface area is 618 Å². The summed E-state index contributed by atoms with van der Waals surface area (Å²) in [5, 5.41) is 110. The maximum Gasteiger partial charge on any atom is 0.472 e. The summed E-state index contributed by atoms with van der Waals surface area (Å²) in [5.74, 6) is -1.29. The van der Waals surface area contributed by atoms with E-state index < -0.39 is 156 Å². The Kier molecular flexibility index (Phi) is 54.0. The van der Waals surface area contributed by atoms with Crippen LogP contribution in [0.25, 0.3) is 0 Å². The van der Waals surface area contributed by atoms with Gasteiger partial charge in [0, 0.05) is 19.3 Å². The number of hydrogen-bond acceptors (Lipinski definition) is 23. The number of carbonyl (C=O) groups is 3. The molecule has 1 saturated carbocycles. The van der Waals surface area contributed by atoms with E-state index in [0.29, 0.717) is 25.2 Å². The second-order valence-electron chi connectivity index (χ2n) is 29.8. The summed E-state index contributed by atoms with van der Waals surface area (Å²) < 4.78 is 65.3. The van der Waals surface area contributed by atoms with Gasteiger partial charge in [-0.1, -0.05) is 277 Å². The molecule has 3 rings (SSSR count). The first-order valence-corrected chi connectivity index (χ1v) is 42.4. The molecule has 0 spiro atoms.